The van der Waals surface area contributed by atoms with Gasteiger partial charge in [-0.25, -0.2) is 0 Å². The van der Waals surface area contributed by atoms with Crippen molar-refractivity contribution in [3.63, 3.8) is 0 Å². The van der Waals surface area contributed by atoms with Crippen molar-refractivity contribution in [1.29, 1.82) is 0 Å². The zero-order valence-electron chi connectivity index (χ0n) is 20.9. The molecule has 4 unspecified atom stereocenters. The molecule has 4 heterocycles. The van der Waals surface area contributed by atoms with Crippen LogP contribution in [0.15, 0.2) is 52.7 Å². The van der Waals surface area contributed by atoms with Gasteiger partial charge in [0.15, 0.2) is 0 Å². The predicted molar refractivity (Wildman–Crippen MR) is 141 cm³/mol. The van der Waals surface area contributed by atoms with Crippen LogP contribution >= 0.6 is 0 Å². The van der Waals surface area contributed by atoms with Crippen molar-refractivity contribution < 1.29 is 4.74 Å². The van der Waals surface area contributed by atoms with Crippen LogP contribution in [0.1, 0.15) is 45.2 Å². The van der Waals surface area contributed by atoms with Gasteiger partial charge in [0, 0.05) is 29.7 Å². The lowest BCUT2D eigenvalue weighted by Crippen LogP contribution is -2.56. The van der Waals surface area contributed by atoms with E-state index in [-0.39, 0.29) is 17.6 Å². The molecule has 7 nitrogen and oxygen atoms in total. The summed E-state index contributed by atoms with van der Waals surface area (Å²) in [5, 5.41) is 7.77. The summed E-state index contributed by atoms with van der Waals surface area (Å²) in [5.41, 5.74) is 1.42. The number of fused-ring (bicyclic) bond motifs is 4. The lowest BCUT2D eigenvalue weighted by atomic mass is 9.73. The number of aromatic nitrogens is 1. The second-order valence-electron chi connectivity index (χ2n) is 10.9. The molecule has 0 saturated carbocycles. The SMILES string of the molecule is C=CC1CN2CCC1CC2[C@@H](Nc1c(NC(C)(C)C)c(=O)c1=O)c1ccnc2ccc(OC)cc12. The Morgan fingerprint density at radius 3 is 2.63 bits per heavy atom. The summed E-state index contributed by atoms with van der Waals surface area (Å²) in [6, 6.07) is 7.88. The van der Waals surface area contributed by atoms with Gasteiger partial charge in [0.2, 0.25) is 0 Å². The number of hydrogen-bond acceptors (Lipinski definition) is 7. The van der Waals surface area contributed by atoms with E-state index in [2.05, 4.69) is 33.2 Å². The molecule has 35 heavy (non-hydrogen) atoms. The molecule has 3 saturated heterocycles. The zero-order valence-corrected chi connectivity index (χ0v) is 20.9. The molecule has 1 aromatic heterocycles. The molecule has 7 heteroatoms. The first kappa shape index (κ1) is 23.5. The van der Waals surface area contributed by atoms with Crippen molar-refractivity contribution in [3.05, 3.63) is 69.1 Å². The van der Waals surface area contributed by atoms with Crippen molar-refractivity contribution in [2.24, 2.45) is 11.8 Å². The zero-order chi connectivity index (χ0) is 24.9. The highest BCUT2D eigenvalue weighted by Crippen LogP contribution is 2.43. The van der Waals surface area contributed by atoms with Crippen molar-refractivity contribution in [1.82, 2.24) is 9.88 Å². The van der Waals surface area contributed by atoms with E-state index in [0.29, 0.717) is 23.2 Å². The number of methoxy groups -OCH3 is 1. The van der Waals surface area contributed by atoms with E-state index in [9.17, 15) is 9.59 Å². The van der Waals surface area contributed by atoms with E-state index in [1.165, 1.54) is 0 Å². The summed E-state index contributed by atoms with van der Waals surface area (Å²) in [6.07, 6.45) is 6.06. The van der Waals surface area contributed by atoms with Crippen LogP contribution in [-0.2, 0) is 0 Å². The average Bonchev–Trinajstić information content (AvgIpc) is 2.87. The van der Waals surface area contributed by atoms with Gasteiger partial charge in [-0.15, -0.1) is 6.58 Å². The Hall–Kier alpha value is -3.19. The minimum Gasteiger partial charge on any atom is -0.497 e. The van der Waals surface area contributed by atoms with Gasteiger partial charge in [0.25, 0.3) is 10.9 Å². The lowest BCUT2D eigenvalue weighted by Gasteiger charge is -2.52. The normalized spacial score (nSPS) is 24.9. The molecule has 0 amide bonds. The number of hydrogen-bond donors (Lipinski definition) is 2. The Kier molecular flexibility index (Phi) is 5.91. The molecule has 0 aliphatic carbocycles. The third kappa shape index (κ3) is 4.22. The molecule has 2 bridgehead atoms. The second kappa shape index (κ2) is 8.79. The third-order valence-electron chi connectivity index (χ3n) is 7.57. The minimum absolute atomic E-state index is 0.175. The Bertz CT molecular complexity index is 1330. The lowest BCUT2D eigenvalue weighted by molar-refractivity contribution is 0.0105. The molecule has 5 atom stereocenters. The summed E-state index contributed by atoms with van der Waals surface area (Å²) in [4.78, 5) is 32.3. The van der Waals surface area contributed by atoms with Gasteiger partial charge < -0.3 is 15.4 Å². The van der Waals surface area contributed by atoms with Gasteiger partial charge in [0.1, 0.15) is 17.1 Å². The van der Waals surface area contributed by atoms with Crippen molar-refractivity contribution >= 4 is 22.3 Å². The number of rotatable bonds is 7. The average molecular weight is 475 g/mol. The number of benzene rings is 1. The molecule has 0 radical (unpaired) electrons. The Labute approximate surface area is 205 Å². The van der Waals surface area contributed by atoms with Crippen LogP contribution in [0.4, 0.5) is 11.4 Å². The molecule has 3 fully saturated rings. The molecule has 3 aromatic rings. The Morgan fingerprint density at radius 1 is 1.20 bits per heavy atom. The number of nitrogens with one attached hydrogen (secondary N) is 2. The molecule has 2 aromatic carbocycles. The summed E-state index contributed by atoms with van der Waals surface area (Å²) in [5.74, 6) is 1.81. The molecule has 184 valence electrons. The van der Waals surface area contributed by atoms with E-state index in [1.807, 2.05) is 51.2 Å². The number of ether oxygens (including phenoxy) is 1. The van der Waals surface area contributed by atoms with Gasteiger partial charge in [-0.2, -0.15) is 0 Å². The smallest absolute Gasteiger partial charge is 0.253 e. The van der Waals surface area contributed by atoms with Crippen LogP contribution in [0.25, 0.3) is 10.9 Å². The number of nitrogens with zero attached hydrogens (tertiary/aromatic N) is 2. The highest BCUT2D eigenvalue weighted by Gasteiger charge is 2.43. The molecule has 0 spiro atoms. The molecular formula is C28H34N4O3. The molecule has 3 aliphatic heterocycles. The summed E-state index contributed by atoms with van der Waals surface area (Å²) >= 11 is 0. The van der Waals surface area contributed by atoms with Gasteiger partial charge >= 0.3 is 0 Å². The quantitative estimate of drug-likeness (QED) is 0.394. The monoisotopic (exact) mass is 474 g/mol. The maximum Gasteiger partial charge on any atom is 0.253 e. The van der Waals surface area contributed by atoms with Gasteiger partial charge in [-0.1, -0.05) is 6.08 Å². The van der Waals surface area contributed by atoms with Crippen LogP contribution < -0.4 is 26.2 Å². The van der Waals surface area contributed by atoms with Crippen LogP contribution in [0.2, 0.25) is 0 Å². The Morgan fingerprint density at radius 2 is 1.97 bits per heavy atom. The second-order valence-corrected chi connectivity index (χ2v) is 10.9. The number of pyridine rings is 1. The summed E-state index contributed by atoms with van der Waals surface area (Å²) in [7, 11) is 1.65. The van der Waals surface area contributed by atoms with E-state index in [1.54, 1.807) is 7.11 Å². The van der Waals surface area contributed by atoms with E-state index < -0.39 is 10.9 Å². The first-order valence-electron chi connectivity index (χ1n) is 12.4. The van der Waals surface area contributed by atoms with Gasteiger partial charge in [-0.05, 0) is 81.8 Å². The molecule has 6 rings (SSSR count). The van der Waals surface area contributed by atoms with Crippen molar-refractivity contribution in [3.8, 4) is 5.75 Å². The molecule has 2 N–H and O–H groups in total. The van der Waals surface area contributed by atoms with Crippen LogP contribution in [0, 0.1) is 11.8 Å². The highest BCUT2D eigenvalue weighted by molar-refractivity contribution is 5.85. The van der Waals surface area contributed by atoms with Gasteiger partial charge in [0.05, 0.1) is 18.7 Å². The highest BCUT2D eigenvalue weighted by atomic mass is 16.5. The van der Waals surface area contributed by atoms with Crippen LogP contribution in [-0.4, -0.2) is 41.7 Å². The third-order valence-corrected chi connectivity index (χ3v) is 7.57. The maximum absolute atomic E-state index is 12.8. The largest absolute Gasteiger partial charge is 0.497 e. The van der Waals surface area contributed by atoms with Gasteiger partial charge in [-0.3, -0.25) is 19.5 Å². The molecule has 3 aliphatic rings. The van der Waals surface area contributed by atoms with E-state index in [0.717, 1.165) is 48.1 Å². The fraction of sp³-hybridized carbons (Fsp3) is 0.464. The maximum atomic E-state index is 12.8. The fourth-order valence-electron chi connectivity index (χ4n) is 5.83. The fourth-order valence-corrected chi connectivity index (χ4v) is 5.83. The van der Waals surface area contributed by atoms with Crippen LogP contribution in [0.3, 0.4) is 0 Å². The minimum atomic E-state index is -0.461. The first-order chi connectivity index (χ1) is 16.7. The number of piperidine rings is 3. The predicted octanol–water partition coefficient (Wildman–Crippen LogP) is 4.10. The summed E-state index contributed by atoms with van der Waals surface area (Å²) in [6.45, 7) is 12.0. The topological polar surface area (TPSA) is 83.6 Å². The summed E-state index contributed by atoms with van der Waals surface area (Å²) < 4.78 is 5.51. The van der Waals surface area contributed by atoms with E-state index >= 15 is 0 Å². The van der Waals surface area contributed by atoms with E-state index in [4.69, 9.17) is 4.74 Å². The van der Waals surface area contributed by atoms with Crippen molar-refractivity contribution in [2.45, 2.75) is 51.2 Å². The number of anilines is 2. The molecular weight excluding hydrogens is 440 g/mol. The van der Waals surface area contributed by atoms with Crippen LogP contribution in [0.5, 0.6) is 5.75 Å². The first-order valence-corrected chi connectivity index (χ1v) is 12.4. The van der Waals surface area contributed by atoms with Crippen molar-refractivity contribution in [2.75, 3.05) is 30.8 Å². The Balaban J connectivity index is 1.61. The standard InChI is InChI=1S/C28H34N4O3/c1-6-16-15-32-12-10-17(16)13-22(32)23(30-24-25(27(34)26(24)33)31-28(2,3)4)19-9-11-29-21-8-7-18(35-5)14-20(19)21/h6-9,11,14,16-17,22-23,30-31H,1,10,12-13,15H2,2-5H3/t16?,17?,22?,23-/m0/s1.